The second kappa shape index (κ2) is 14.8. The minimum atomic E-state index is -0.840. The predicted molar refractivity (Wildman–Crippen MR) is 89.8 cm³/mol. The molecule has 0 aromatic heterocycles. The van der Waals surface area contributed by atoms with Crippen LogP contribution in [0.15, 0.2) is 24.3 Å². The molecule has 128 valence electrons. The molecule has 0 saturated carbocycles. The van der Waals surface area contributed by atoms with E-state index in [0.717, 1.165) is 25.7 Å². The third kappa shape index (κ3) is 13.8. The van der Waals surface area contributed by atoms with Gasteiger partial charge in [0, 0.05) is 6.42 Å². The van der Waals surface area contributed by atoms with Gasteiger partial charge in [0.05, 0.1) is 12.2 Å². The number of unbranched alkanes of at least 4 members (excludes halogenated alkanes) is 5. The van der Waals surface area contributed by atoms with E-state index in [1.54, 1.807) is 6.08 Å². The second-order valence-corrected chi connectivity index (χ2v) is 5.68. The van der Waals surface area contributed by atoms with Gasteiger partial charge in [0.15, 0.2) is 0 Å². The summed E-state index contributed by atoms with van der Waals surface area (Å²) in [6, 6.07) is 0. The first-order chi connectivity index (χ1) is 10.6. The Balaban J connectivity index is 3.65. The van der Waals surface area contributed by atoms with E-state index in [2.05, 4.69) is 19.1 Å². The van der Waals surface area contributed by atoms with Crippen molar-refractivity contribution in [2.24, 2.45) is 0 Å². The first-order valence-electron chi connectivity index (χ1n) is 8.47. The molecule has 0 aliphatic heterocycles. The Labute approximate surface area is 134 Å². The molecule has 0 aromatic rings. The fourth-order valence-corrected chi connectivity index (χ4v) is 2.13. The molecule has 22 heavy (non-hydrogen) atoms. The standard InChI is InChI=1S/C18H32O4/c1-2-3-4-5-6-7-8-10-13-16(19)17(20)14-11-9-12-15-18(21)22/h6-7,10,13,16-17,19-20H,2-5,8-9,11-12,14-15H2,1H3,(H,21,22)/b7-6-,13-10-/t16-,17-/m0/s1. The molecule has 0 fully saturated rings. The van der Waals surface area contributed by atoms with Gasteiger partial charge in [0.2, 0.25) is 0 Å². The Hall–Kier alpha value is -1.13. The highest BCUT2D eigenvalue weighted by Crippen LogP contribution is 2.09. The Kier molecular flexibility index (Phi) is 14.0. The number of allylic oxidation sites excluding steroid dienone is 3. The van der Waals surface area contributed by atoms with E-state index in [0.29, 0.717) is 12.8 Å². The van der Waals surface area contributed by atoms with Gasteiger partial charge < -0.3 is 15.3 Å². The number of aliphatic hydroxyl groups excluding tert-OH is 2. The molecule has 0 aliphatic carbocycles. The van der Waals surface area contributed by atoms with Crippen LogP contribution < -0.4 is 0 Å². The first-order valence-corrected chi connectivity index (χ1v) is 8.47. The zero-order chi connectivity index (χ0) is 16.6. The first kappa shape index (κ1) is 20.9. The summed E-state index contributed by atoms with van der Waals surface area (Å²) < 4.78 is 0. The smallest absolute Gasteiger partial charge is 0.303 e. The Morgan fingerprint density at radius 2 is 1.77 bits per heavy atom. The SMILES string of the molecule is CCCCC/C=C\C/C=C\[C@H](O)[C@@H](O)CCCCCC(=O)O. The molecule has 0 heterocycles. The van der Waals surface area contributed by atoms with Crippen LogP contribution in [0.3, 0.4) is 0 Å². The lowest BCUT2D eigenvalue weighted by Gasteiger charge is -2.14. The normalized spacial score (nSPS) is 14.7. The van der Waals surface area contributed by atoms with Gasteiger partial charge in [-0.05, 0) is 32.1 Å². The van der Waals surface area contributed by atoms with Crippen molar-refractivity contribution in [1.29, 1.82) is 0 Å². The van der Waals surface area contributed by atoms with E-state index in [1.807, 2.05) is 6.08 Å². The van der Waals surface area contributed by atoms with Crippen LogP contribution in [0.5, 0.6) is 0 Å². The average Bonchev–Trinajstić information content (AvgIpc) is 2.48. The van der Waals surface area contributed by atoms with E-state index < -0.39 is 18.2 Å². The van der Waals surface area contributed by atoms with Crippen molar-refractivity contribution in [1.82, 2.24) is 0 Å². The molecular weight excluding hydrogens is 280 g/mol. The van der Waals surface area contributed by atoms with E-state index in [9.17, 15) is 15.0 Å². The number of rotatable bonds is 14. The zero-order valence-electron chi connectivity index (χ0n) is 13.8. The van der Waals surface area contributed by atoms with Gasteiger partial charge in [-0.3, -0.25) is 4.79 Å². The zero-order valence-corrected chi connectivity index (χ0v) is 13.8. The maximum Gasteiger partial charge on any atom is 0.303 e. The summed E-state index contributed by atoms with van der Waals surface area (Å²) in [5, 5.41) is 28.1. The number of hydrogen-bond donors (Lipinski definition) is 3. The summed E-state index contributed by atoms with van der Waals surface area (Å²) >= 11 is 0. The van der Waals surface area contributed by atoms with Crippen molar-refractivity contribution in [2.45, 2.75) is 83.3 Å². The predicted octanol–water partition coefficient (Wildman–Crippen LogP) is 3.83. The van der Waals surface area contributed by atoms with Gasteiger partial charge in [-0.25, -0.2) is 0 Å². The van der Waals surface area contributed by atoms with E-state index in [1.165, 1.54) is 19.3 Å². The number of carbonyl (C=O) groups is 1. The number of carboxylic acids is 1. The van der Waals surface area contributed by atoms with Gasteiger partial charge in [0.1, 0.15) is 0 Å². The second-order valence-electron chi connectivity index (χ2n) is 5.68. The summed E-state index contributed by atoms with van der Waals surface area (Å²) in [7, 11) is 0. The highest BCUT2D eigenvalue weighted by atomic mass is 16.4. The topological polar surface area (TPSA) is 77.8 Å². The van der Waals surface area contributed by atoms with Crippen LogP contribution in [-0.4, -0.2) is 33.5 Å². The monoisotopic (exact) mass is 312 g/mol. The number of aliphatic carboxylic acids is 1. The number of carboxylic acid groups (broad SMARTS) is 1. The molecule has 3 N–H and O–H groups in total. The van der Waals surface area contributed by atoms with E-state index in [-0.39, 0.29) is 6.42 Å². The molecule has 0 radical (unpaired) electrons. The summed E-state index contributed by atoms with van der Waals surface area (Å²) in [6.07, 6.45) is 14.5. The minimum Gasteiger partial charge on any atom is -0.481 e. The van der Waals surface area contributed by atoms with Crippen LogP contribution in [0.1, 0.15) is 71.1 Å². The molecule has 0 rings (SSSR count). The molecule has 4 nitrogen and oxygen atoms in total. The van der Waals surface area contributed by atoms with Crippen LogP contribution in [0.4, 0.5) is 0 Å². The average molecular weight is 312 g/mol. The van der Waals surface area contributed by atoms with Crippen LogP contribution in [0.25, 0.3) is 0 Å². The Morgan fingerprint density at radius 3 is 2.45 bits per heavy atom. The number of hydrogen-bond acceptors (Lipinski definition) is 3. The van der Waals surface area contributed by atoms with Gasteiger partial charge in [-0.15, -0.1) is 0 Å². The van der Waals surface area contributed by atoms with Crippen molar-refractivity contribution in [3.05, 3.63) is 24.3 Å². The largest absolute Gasteiger partial charge is 0.481 e. The van der Waals surface area contributed by atoms with Gasteiger partial charge in [-0.2, -0.15) is 0 Å². The molecule has 0 spiro atoms. The third-order valence-electron chi connectivity index (χ3n) is 3.53. The van der Waals surface area contributed by atoms with Crippen LogP contribution in [0, 0.1) is 0 Å². The lowest BCUT2D eigenvalue weighted by atomic mass is 10.0. The summed E-state index contributed by atoms with van der Waals surface area (Å²) in [6.45, 7) is 2.19. The molecular formula is C18H32O4. The van der Waals surface area contributed by atoms with Crippen molar-refractivity contribution in [2.75, 3.05) is 0 Å². The van der Waals surface area contributed by atoms with Crippen molar-refractivity contribution < 1.29 is 20.1 Å². The molecule has 0 unspecified atom stereocenters. The number of aliphatic hydroxyl groups is 2. The van der Waals surface area contributed by atoms with Crippen molar-refractivity contribution in [3.8, 4) is 0 Å². The minimum absolute atomic E-state index is 0.170. The van der Waals surface area contributed by atoms with E-state index in [4.69, 9.17) is 5.11 Å². The summed E-state index contributed by atoms with van der Waals surface area (Å²) in [5.74, 6) is -0.786. The van der Waals surface area contributed by atoms with Gasteiger partial charge >= 0.3 is 5.97 Å². The van der Waals surface area contributed by atoms with Gasteiger partial charge in [-0.1, -0.05) is 56.9 Å². The molecule has 0 aromatic carbocycles. The summed E-state index contributed by atoms with van der Waals surface area (Å²) in [4.78, 5) is 10.3. The third-order valence-corrected chi connectivity index (χ3v) is 3.53. The molecule has 0 bridgehead atoms. The molecule has 0 aliphatic rings. The Morgan fingerprint density at radius 1 is 1.00 bits per heavy atom. The quantitative estimate of drug-likeness (QED) is 0.336. The fraction of sp³-hybridized carbons (Fsp3) is 0.722. The molecule has 0 amide bonds. The maximum atomic E-state index is 10.3. The highest BCUT2D eigenvalue weighted by molar-refractivity contribution is 5.66. The van der Waals surface area contributed by atoms with Gasteiger partial charge in [0.25, 0.3) is 0 Å². The van der Waals surface area contributed by atoms with Crippen LogP contribution in [0.2, 0.25) is 0 Å². The molecule has 4 heteroatoms. The van der Waals surface area contributed by atoms with Crippen molar-refractivity contribution >= 4 is 5.97 Å². The lowest BCUT2D eigenvalue weighted by Crippen LogP contribution is -2.23. The molecule has 0 saturated heterocycles. The maximum absolute atomic E-state index is 10.3. The fourth-order valence-electron chi connectivity index (χ4n) is 2.13. The summed E-state index contributed by atoms with van der Waals surface area (Å²) in [5.41, 5.74) is 0. The van der Waals surface area contributed by atoms with Crippen LogP contribution >= 0.6 is 0 Å². The Bertz CT molecular complexity index is 323. The lowest BCUT2D eigenvalue weighted by molar-refractivity contribution is -0.137. The molecule has 2 atom stereocenters. The highest BCUT2D eigenvalue weighted by Gasteiger charge is 2.12. The van der Waals surface area contributed by atoms with Crippen molar-refractivity contribution in [3.63, 3.8) is 0 Å². The van der Waals surface area contributed by atoms with E-state index >= 15 is 0 Å². The van der Waals surface area contributed by atoms with Crippen LogP contribution in [-0.2, 0) is 4.79 Å².